The van der Waals surface area contributed by atoms with Crippen molar-refractivity contribution in [2.24, 2.45) is 0 Å². The van der Waals surface area contributed by atoms with Crippen molar-refractivity contribution in [3.63, 3.8) is 0 Å². The lowest BCUT2D eigenvalue weighted by Gasteiger charge is -2.13. The maximum Gasteiger partial charge on any atom is 0.154 e. The van der Waals surface area contributed by atoms with E-state index in [-0.39, 0.29) is 6.29 Å². The van der Waals surface area contributed by atoms with Crippen LogP contribution < -0.4 is 0 Å². The van der Waals surface area contributed by atoms with E-state index in [2.05, 4.69) is 0 Å². The third kappa shape index (κ3) is 3.29. The van der Waals surface area contributed by atoms with E-state index in [4.69, 9.17) is 22.1 Å². The van der Waals surface area contributed by atoms with Crippen LogP contribution >= 0.6 is 0 Å². The molecule has 0 heterocycles. The van der Waals surface area contributed by atoms with E-state index in [0.717, 1.165) is 6.42 Å². The summed E-state index contributed by atoms with van der Waals surface area (Å²) in [5, 5.41) is 0. The van der Waals surface area contributed by atoms with E-state index in [1.54, 1.807) is 14.2 Å². The normalized spacial score (nSPS) is 10.5. The average Bonchev–Trinajstić information content (AvgIpc) is 1.83. The molecule has 8 heavy (non-hydrogen) atoms. The number of hydrogen-bond acceptors (Lipinski definition) is 3. The molecule has 0 saturated heterocycles. The van der Waals surface area contributed by atoms with Crippen LogP contribution in [0.2, 0.25) is 0 Å². The van der Waals surface area contributed by atoms with Gasteiger partial charge in [-0.1, -0.05) is 0 Å². The van der Waals surface area contributed by atoms with Crippen LogP contribution in [-0.4, -0.2) is 26.3 Å². The molecule has 0 atom stereocenters. The highest BCUT2D eigenvalue weighted by molar-refractivity contribution is 7.58. The highest BCUT2D eigenvalue weighted by Crippen LogP contribution is 1.94. The Balaban J connectivity index is 3.07. The molecule has 3 heteroatoms. The molecule has 0 aromatic rings. The molecule has 0 saturated carbocycles. The Morgan fingerprint density at radius 2 is 1.88 bits per heavy atom. The zero-order valence-corrected chi connectivity index (χ0v) is 6.03. The summed E-state index contributed by atoms with van der Waals surface area (Å²) in [6.07, 6.45) is 0.690. The molecule has 0 aromatic heterocycles. The van der Waals surface area contributed by atoms with Crippen molar-refractivity contribution >= 4 is 12.6 Å². The fourth-order valence-electron chi connectivity index (χ4n) is 0.428. The summed E-state index contributed by atoms with van der Waals surface area (Å²) in [4.78, 5) is 0. The van der Waals surface area contributed by atoms with Gasteiger partial charge in [0.1, 0.15) is 0 Å². The molecule has 0 aliphatic rings. The molecule has 2 nitrogen and oxygen atoms in total. The molecular weight excluding hydrogens is 124 g/mol. The van der Waals surface area contributed by atoms with Crippen molar-refractivity contribution in [3.8, 4) is 0 Å². The fraction of sp³-hybridized carbons (Fsp3) is 1.00. The van der Waals surface area contributed by atoms with Gasteiger partial charge < -0.3 is 22.1 Å². The first-order valence-corrected chi connectivity index (χ1v) is 3.06. The van der Waals surface area contributed by atoms with Gasteiger partial charge >= 0.3 is 0 Å². The lowest BCUT2D eigenvalue weighted by Crippen LogP contribution is -2.13. The van der Waals surface area contributed by atoms with Gasteiger partial charge in [-0.3, -0.25) is 0 Å². The second-order valence-corrected chi connectivity index (χ2v) is 1.80. The molecule has 0 fully saturated rings. The van der Waals surface area contributed by atoms with E-state index in [1.165, 1.54) is 0 Å². The van der Waals surface area contributed by atoms with Crippen molar-refractivity contribution in [1.82, 2.24) is 0 Å². The first-order chi connectivity index (χ1) is 3.85. The number of methoxy groups -OCH3 is 2. The minimum atomic E-state index is -0.104. The minimum absolute atomic E-state index is 0.104. The Morgan fingerprint density at radius 1 is 1.38 bits per heavy atom. The molecule has 0 aliphatic heterocycles. The van der Waals surface area contributed by atoms with Gasteiger partial charge in [0.2, 0.25) is 0 Å². The van der Waals surface area contributed by atoms with Crippen LogP contribution in [0.15, 0.2) is 0 Å². The first-order valence-electron chi connectivity index (χ1n) is 2.48. The lowest BCUT2D eigenvalue weighted by atomic mass is 10.5. The quantitative estimate of drug-likeness (QED) is 0.414. The summed E-state index contributed by atoms with van der Waals surface area (Å²) in [5.74, 6) is 0.687. The zero-order valence-electron chi connectivity index (χ0n) is 5.22. The number of hydrogen-bond donors (Lipinski definition) is 0. The molecule has 0 aromatic carbocycles. The van der Waals surface area contributed by atoms with Crippen LogP contribution in [0.3, 0.4) is 0 Å². The largest absolute Gasteiger partial charge is 0.792 e. The monoisotopic (exact) mass is 135 g/mol. The summed E-state index contributed by atoms with van der Waals surface area (Å²) in [7, 11) is 3.22. The SMILES string of the molecule is COC(CC[S-])OC. The van der Waals surface area contributed by atoms with E-state index < -0.39 is 0 Å². The van der Waals surface area contributed by atoms with Crippen molar-refractivity contribution in [2.45, 2.75) is 12.7 Å². The first kappa shape index (κ1) is 8.27. The lowest BCUT2D eigenvalue weighted by molar-refractivity contribution is -0.102. The molecule has 50 valence electrons. The Hall–Kier alpha value is 0.270. The van der Waals surface area contributed by atoms with Gasteiger partial charge in [0.05, 0.1) is 0 Å². The van der Waals surface area contributed by atoms with Gasteiger partial charge in [-0.25, -0.2) is 0 Å². The summed E-state index contributed by atoms with van der Waals surface area (Å²) in [6.45, 7) is 0. The van der Waals surface area contributed by atoms with E-state index in [9.17, 15) is 0 Å². The van der Waals surface area contributed by atoms with Crippen molar-refractivity contribution in [2.75, 3.05) is 20.0 Å². The van der Waals surface area contributed by atoms with Crippen molar-refractivity contribution in [1.29, 1.82) is 0 Å². The highest BCUT2D eigenvalue weighted by Gasteiger charge is 1.97. The van der Waals surface area contributed by atoms with Gasteiger partial charge in [0, 0.05) is 14.2 Å². The summed E-state index contributed by atoms with van der Waals surface area (Å²) in [5.41, 5.74) is 0. The summed E-state index contributed by atoms with van der Waals surface area (Å²) >= 11 is 4.70. The van der Waals surface area contributed by atoms with Crippen LogP contribution in [0.5, 0.6) is 0 Å². The van der Waals surface area contributed by atoms with Crippen LogP contribution in [0, 0.1) is 0 Å². The van der Waals surface area contributed by atoms with Crippen LogP contribution in [0.25, 0.3) is 0 Å². The van der Waals surface area contributed by atoms with Crippen LogP contribution in [0.1, 0.15) is 6.42 Å². The van der Waals surface area contributed by atoms with E-state index >= 15 is 0 Å². The smallest absolute Gasteiger partial charge is 0.154 e. The Bertz CT molecular complexity index is 45.7. The second kappa shape index (κ2) is 5.41. The molecule has 0 spiro atoms. The minimum Gasteiger partial charge on any atom is -0.792 e. The number of rotatable bonds is 4. The van der Waals surface area contributed by atoms with Gasteiger partial charge in [-0.05, 0) is 6.42 Å². The third-order valence-corrected chi connectivity index (χ3v) is 1.12. The van der Waals surface area contributed by atoms with Gasteiger partial charge in [-0.2, -0.15) is 5.75 Å². The Kier molecular flexibility index (Phi) is 5.59. The topological polar surface area (TPSA) is 18.5 Å². The van der Waals surface area contributed by atoms with Crippen LogP contribution in [-0.2, 0) is 22.1 Å². The maximum absolute atomic E-state index is 4.85. The summed E-state index contributed by atoms with van der Waals surface area (Å²) < 4.78 is 9.70. The fourth-order valence-corrected chi connectivity index (χ4v) is 0.621. The van der Waals surface area contributed by atoms with Gasteiger partial charge in [0.15, 0.2) is 6.29 Å². The van der Waals surface area contributed by atoms with Crippen molar-refractivity contribution < 1.29 is 9.47 Å². The van der Waals surface area contributed by atoms with E-state index in [0.29, 0.717) is 5.75 Å². The molecule has 0 rings (SSSR count). The highest BCUT2D eigenvalue weighted by atomic mass is 32.1. The molecule has 0 N–H and O–H groups in total. The number of ether oxygens (including phenoxy) is 2. The predicted molar refractivity (Wildman–Crippen MR) is 34.7 cm³/mol. The van der Waals surface area contributed by atoms with Crippen molar-refractivity contribution in [3.05, 3.63) is 0 Å². The molecule has 0 aliphatic carbocycles. The van der Waals surface area contributed by atoms with Gasteiger partial charge in [0.25, 0.3) is 0 Å². The van der Waals surface area contributed by atoms with Gasteiger partial charge in [-0.15, -0.1) is 0 Å². The third-order valence-electron chi connectivity index (χ3n) is 0.879. The Labute approximate surface area is 55.6 Å². The molecule has 0 unspecified atom stereocenters. The molecular formula is C5H11O2S-. The standard InChI is InChI=1S/C5H12O2S/c1-6-5(7-2)3-4-8/h5,8H,3-4H2,1-2H3/p-1. The molecule has 0 radical (unpaired) electrons. The van der Waals surface area contributed by atoms with Crippen LogP contribution in [0.4, 0.5) is 0 Å². The second-order valence-electron chi connectivity index (χ2n) is 1.39. The molecule has 0 amide bonds. The molecule has 0 bridgehead atoms. The average molecular weight is 135 g/mol. The summed E-state index contributed by atoms with van der Waals surface area (Å²) in [6, 6.07) is 0. The Morgan fingerprint density at radius 3 is 2.00 bits per heavy atom. The maximum atomic E-state index is 4.85. The van der Waals surface area contributed by atoms with E-state index in [1.807, 2.05) is 0 Å². The zero-order chi connectivity index (χ0) is 6.41. The predicted octanol–water partition coefficient (Wildman–Crippen LogP) is 0.542.